The van der Waals surface area contributed by atoms with Gasteiger partial charge in [0.05, 0.1) is 0 Å². The van der Waals surface area contributed by atoms with E-state index in [2.05, 4.69) is 44.9 Å². The molecule has 2 aromatic carbocycles. The predicted molar refractivity (Wildman–Crippen MR) is 109 cm³/mol. The van der Waals surface area contributed by atoms with Crippen molar-refractivity contribution in [2.45, 2.75) is 6.42 Å². The van der Waals surface area contributed by atoms with Gasteiger partial charge in [-0.2, -0.15) is 0 Å². The Bertz CT molecular complexity index is 1060. The molecule has 0 fully saturated rings. The van der Waals surface area contributed by atoms with Gasteiger partial charge in [-0.15, -0.1) is 0 Å². The number of hydrogen-bond acceptors (Lipinski definition) is 2. The van der Waals surface area contributed by atoms with E-state index in [9.17, 15) is 4.79 Å². The van der Waals surface area contributed by atoms with Gasteiger partial charge in [0.2, 0.25) is 0 Å². The van der Waals surface area contributed by atoms with E-state index in [1.807, 2.05) is 54.9 Å². The van der Waals surface area contributed by atoms with Crippen molar-refractivity contribution in [2.24, 2.45) is 0 Å². The second-order valence-corrected chi connectivity index (χ2v) is 6.34. The molecule has 0 saturated heterocycles. The van der Waals surface area contributed by atoms with Crippen LogP contribution in [-0.2, 0) is 6.42 Å². The van der Waals surface area contributed by atoms with Crippen LogP contribution >= 0.6 is 0 Å². The van der Waals surface area contributed by atoms with Crippen LogP contribution in [0.25, 0.3) is 22.2 Å². The number of hydrogen-bond donors (Lipinski definition) is 3. The highest BCUT2D eigenvalue weighted by atomic mass is 16.2. The first-order valence-electron chi connectivity index (χ1n) is 8.90. The van der Waals surface area contributed by atoms with Crippen molar-refractivity contribution >= 4 is 22.8 Å². The van der Waals surface area contributed by atoms with E-state index in [4.69, 9.17) is 0 Å². The number of anilines is 1. The van der Waals surface area contributed by atoms with Gasteiger partial charge in [-0.3, -0.25) is 0 Å². The van der Waals surface area contributed by atoms with E-state index < -0.39 is 0 Å². The lowest BCUT2D eigenvalue weighted by atomic mass is 10.0. The number of carbonyl (C=O) groups excluding carboxylic acids is 1. The molecule has 0 aliphatic carbocycles. The molecule has 2 heterocycles. The number of aromatic nitrogens is 2. The Morgan fingerprint density at radius 2 is 1.85 bits per heavy atom. The van der Waals surface area contributed by atoms with Crippen molar-refractivity contribution in [3.63, 3.8) is 0 Å². The van der Waals surface area contributed by atoms with Gasteiger partial charge in [0.15, 0.2) is 0 Å². The molecular weight excluding hydrogens is 336 g/mol. The van der Waals surface area contributed by atoms with Crippen molar-refractivity contribution in [3.8, 4) is 11.1 Å². The minimum Gasteiger partial charge on any atom is -0.346 e. The maximum Gasteiger partial charge on any atom is 0.319 e. The van der Waals surface area contributed by atoms with E-state index in [0.717, 1.165) is 34.3 Å². The molecule has 0 spiro atoms. The standard InChI is InChI=1S/C22H20N4O/c27-22(26-20-7-2-1-3-8-20)24-11-9-16-5-4-6-17(13-16)19-14-18-10-12-23-21(18)25-15-19/h1-8,10,12-15H,9,11H2,(H,23,25)(H2,24,26,27). The number of pyridine rings is 1. The summed E-state index contributed by atoms with van der Waals surface area (Å²) in [6.45, 7) is 0.567. The number of urea groups is 1. The summed E-state index contributed by atoms with van der Waals surface area (Å²) in [7, 11) is 0. The van der Waals surface area contributed by atoms with Gasteiger partial charge in [0.1, 0.15) is 5.65 Å². The number of nitrogens with one attached hydrogen (secondary N) is 3. The molecule has 0 aliphatic rings. The Labute approximate surface area is 157 Å². The zero-order chi connectivity index (χ0) is 18.5. The number of para-hydroxylation sites is 1. The average Bonchev–Trinajstić information content (AvgIpc) is 3.17. The van der Waals surface area contributed by atoms with Crippen molar-refractivity contribution in [3.05, 3.63) is 84.7 Å². The Balaban J connectivity index is 1.37. The van der Waals surface area contributed by atoms with Crippen LogP contribution in [0, 0.1) is 0 Å². The molecule has 2 aromatic heterocycles. The van der Waals surface area contributed by atoms with Crippen molar-refractivity contribution < 1.29 is 4.79 Å². The molecule has 5 heteroatoms. The zero-order valence-electron chi connectivity index (χ0n) is 14.8. The quantitative estimate of drug-likeness (QED) is 0.489. The number of carbonyl (C=O) groups is 1. The van der Waals surface area contributed by atoms with Gasteiger partial charge >= 0.3 is 6.03 Å². The van der Waals surface area contributed by atoms with E-state index in [1.54, 1.807) is 0 Å². The predicted octanol–water partition coefficient (Wildman–Crippen LogP) is 4.59. The molecular formula is C22H20N4O. The van der Waals surface area contributed by atoms with Crippen LogP contribution in [-0.4, -0.2) is 22.5 Å². The summed E-state index contributed by atoms with van der Waals surface area (Å²) >= 11 is 0. The molecule has 4 aromatic rings. The summed E-state index contributed by atoms with van der Waals surface area (Å²) in [5.41, 5.74) is 5.05. The van der Waals surface area contributed by atoms with Crippen LogP contribution in [0.1, 0.15) is 5.56 Å². The maximum atomic E-state index is 12.0. The van der Waals surface area contributed by atoms with Crippen LogP contribution in [0.15, 0.2) is 79.1 Å². The first-order chi connectivity index (χ1) is 13.3. The average molecular weight is 356 g/mol. The topological polar surface area (TPSA) is 69.8 Å². The summed E-state index contributed by atoms with van der Waals surface area (Å²) in [5, 5.41) is 6.81. The molecule has 134 valence electrons. The first kappa shape index (κ1) is 16.8. The molecule has 0 atom stereocenters. The highest BCUT2D eigenvalue weighted by Gasteiger charge is 2.04. The first-order valence-corrected chi connectivity index (χ1v) is 8.90. The highest BCUT2D eigenvalue weighted by molar-refractivity contribution is 5.89. The van der Waals surface area contributed by atoms with Gasteiger partial charge in [-0.25, -0.2) is 9.78 Å². The lowest BCUT2D eigenvalue weighted by Gasteiger charge is -2.09. The van der Waals surface area contributed by atoms with Crippen LogP contribution in [0.3, 0.4) is 0 Å². The maximum absolute atomic E-state index is 12.0. The van der Waals surface area contributed by atoms with E-state index in [1.165, 1.54) is 5.56 Å². The van der Waals surface area contributed by atoms with Crippen LogP contribution in [0.2, 0.25) is 0 Å². The molecule has 4 rings (SSSR count). The SMILES string of the molecule is O=C(NCCc1cccc(-c2cnc3[nH]ccc3c2)c1)Nc1ccccc1. The number of benzene rings is 2. The summed E-state index contributed by atoms with van der Waals surface area (Å²) < 4.78 is 0. The minimum absolute atomic E-state index is 0.195. The lowest BCUT2D eigenvalue weighted by molar-refractivity contribution is 0.252. The fourth-order valence-corrected chi connectivity index (χ4v) is 3.02. The Morgan fingerprint density at radius 1 is 0.963 bits per heavy atom. The molecule has 0 radical (unpaired) electrons. The van der Waals surface area contributed by atoms with Gasteiger partial charge in [-0.05, 0) is 41.8 Å². The highest BCUT2D eigenvalue weighted by Crippen LogP contribution is 2.23. The zero-order valence-corrected chi connectivity index (χ0v) is 14.8. The fraction of sp³-hybridized carbons (Fsp3) is 0.0909. The number of nitrogens with zero attached hydrogens (tertiary/aromatic N) is 1. The third-order valence-corrected chi connectivity index (χ3v) is 4.39. The molecule has 27 heavy (non-hydrogen) atoms. The second-order valence-electron chi connectivity index (χ2n) is 6.34. The smallest absolute Gasteiger partial charge is 0.319 e. The van der Waals surface area contributed by atoms with Crippen molar-refractivity contribution in [2.75, 3.05) is 11.9 Å². The largest absolute Gasteiger partial charge is 0.346 e. The van der Waals surface area contributed by atoms with Crippen LogP contribution < -0.4 is 10.6 Å². The van der Waals surface area contributed by atoms with Gasteiger partial charge in [0, 0.05) is 35.6 Å². The third-order valence-electron chi connectivity index (χ3n) is 4.39. The Hall–Kier alpha value is -3.60. The number of fused-ring (bicyclic) bond motifs is 1. The molecule has 0 saturated carbocycles. The van der Waals surface area contributed by atoms with Gasteiger partial charge in [0.25, 0.3) is 0 Å². The Kier molecular flexibility index (Phi) is 4.83. The van der Waals surface area contributed by atoms with Crippen molar-refractivity contribution in [1.82, 2.24) is 15.3 Å². The van der Waals surface area contributed by atoms with E-state index in [0.29, 0.717) is 6.54 Å². The van der Waals surface area contributed by atoms with Gasteiger partial charge in [-0.1, -0.05) is 42.5 Å². The summed E-state index contributed by atoms with van der Waals surface area (Å²) in [4.78, 5) is 19.5. The minimum atomic E-state index is -0.195. The molecule has 0 bridgehead atoms. The third kappa shape index (κ3) is 4.15. The van der Waals surface area contributed by atoms with Crippen LogP contribution in [0.5, 0.6) is 0 Å². The normalized spacial score (nSPS) is 10.7. The molecule has 0 unspecified atom stereocenters. The van der Waals surface area contributed by atoms with Crippen molar-refractivity contribution in [1.29, 1.82) is 0 Å². The summed E-state index contributed by atoms with van der Waals surface area (Å²) in [6.07, 6.45) is 4.53. The summed E-state index contributed by atoms with van der Waals surface area (Å²) in [5.74, 6) is 0. The molecule has 2 amide bonds. The summed E-state index contributed by atoms with van der Waals surface area (Å²) in [6, 6.07) is 21.7. The monoisotopic (exact) mass is 356 g/mol. The van der Waals surface area contributed by atoms with E-state index in [-0.39, 0.29) is 6.03 Å². The Morgan fingerprint density at radius 3 is 2.74 bits per heavy atom. The fourth-order valence-electron chi connectivity index (χ4n) is 3.02. The molecule has 5 nitrogen and oxygen atoms in total. The number of rotatable bonds is 5. The lowest BCUT2D eigenvalue weighted by Crippen LogP contribution is -2.30. The molecule has 3 N–H and O–H groups in total. The number of aromatic amines is 1. The van der Waals surface area contributed by atoms with Gasteiger partial charge < -0.3 is 15.6 Å². The van der Waals surface area contributed by atoms with Crippen LogP contribution in [0.4, 0.5) is 10.5 Å². The number of amides is 2. The molecule has 0 aliphatic heterocycles. The number of H-pyrrole nitrogens is 1. The van der Waals surface area contributed by atoms with E-state index >= 15 is 0 Å². The second kappa shape index (κ2) is 7.74.